The molecule has 0 saturated heterocycles. The summed E-state index contributed by atoms with van der Waals surface area (Å²) in [6, 6.07) is 2.87. The van der Waals surface area contributed by atoms with Crippen LogP contribution < -0.4 is 11.1 Å². The van der Waals surface area contributed by atoms with Crippen LogP contribution in [0.1, 0.15) is 26.0 Å². The van der Waals surface area contributed by atoms with Gasteiger partial charge in [-0.3, -0.25) is 4.79 Å². The Morgan fingerprint density at radius 3 is 2.71 bits per heavy atom. The van der Waals surface area contributed by atoms with E-state index in [1.54, 1.807) is 19.1 Å². The molecule has 4 nitrogen and oxygen atoms in total. The number of pyridine rings is 1. The Bertz CT molecular complexity index is 407. The molecule has 94 valence electrons. The molecule has 0 saturated carbocycles. The van der Waals surface area contributed by atoms with Crippen molar-refractivity contribution < 1.29 is 4.79 Å². The molecule has 1 amide bonds. The van der Waals surface area contributed by atoms with Crippen LogP contribution in [0.5, 0.6) is 0 Å². The van der Waals surface area contributed by atoms with Gasteiger partial charge in [0.25, 0.3) is 0 Å². The highest BCUT2D eigenvalue weighted by atomic mass is 35.5. The number of nitrogens with two attached hydrogens (primary N) is 1. The van der Waals surface area contributed by atoms with Crippen molar-refractivity contribution in [3.05, 3.63) is 23.0 Å². The fraction of sp³-hybridized carbons (Fsp3) is 0.500. The molecule has 0 bridgehead atoms. The molecule has 3 N–H and O–H groups in total. The molecule has 5 heteroatoms. The average molecular weight is 256 g/mol. The highest BCUT2D eigenvalue weighted by Crippen LogP contribution is 2.16. The molecule has 1 atom stereocenters. The summed E-state index contributed by atoms with van der Waals surface area (Å²) in [4.78, 5) is 15.8. The summed E-state index contributed by atoms with van der Waals surface area (Å²) in [5, 5.41) is 3.17. The van der Waals surface area contributed by atoms with Crippen molar-refractivity contribution in [2.24, 2.45) is 11.7 Å². The van der Waals surface area contributed by atoms with Crippen LogP contribution in [-0.2, 0) is 4.79 Å². The number of aromatic nitrogens is 1. The van der Waals surface area contributed by atoms with Crippen molar-refractivity contribution in [3.8, 4) is 0 Å². The van der Waals surface area contributed by atoms with Gasteiger partial charge in [0.1, 0.15) is 5.15 Å². The summed E-state index contributed by atoms with van der Waals surface area (Å²) in [6.45, 7) is 5.85. The molecule has 0 aliphatic rings. The molecule has 1 aromatic rings. The van der Waals surface area contributed by atoms with Crippen LogP contribution >= 0.6 is 11.6 Å². The normalized spacial score (nSPS) is 12.6. The van der Waals surface area contributed by atoms with Gasteiger partial charge in [0, 0.05) is 0 Å². The SMILES string of the molecule is Cc1nc(Cl)ccc1NC(=O)[C@H](N)CC(C)C. The first-order valence-corrected chi connectivity index (χ1v) is 5.97. The van der Waals surface area contributed by atoms with Gasteiger partial charge >= 0.3 is 0 Å². The molecule has 0 aliphatic carbocycles. The maximum absolute atomic E-state index is 11.8. The quantitative estimate of drug-likeness (QED) is 0.812. The molecule has 0 radical (unpaired) electrons. The Morgan fingerprint density at radius 2 is 2.18 bits per heavy atom. The number of nitrogens with zero attached hydrogens (tertiary/aromatic N) is 1. The molecule has 0 fully saturated rings. The van der Waals surface area contributed by atoms with Gasteiger partial charge in [-0.25, -0.2) is 4.98 Å². The van der Waals surface area contributed by atoms with Crippen LogP contribution in [0.4, 0.5) is 5.69 Å². The number of aryl methyl sites for hydroxylation is 1. The molecule has 0 unspecified atom stereocenters. The van der Waals surface area contributed by atoms with Gasteiger partial charge in [-0.15, -0.1) is 0 Å². The highest BCUT2D eigenvalue weighted by molar-refractivity contribution is 6.29. The third-order valence-corrected chi connectivity index (χ3v) is 2.58. The number of anilines is 1. The third-order valence-electron chi connectivity index (χ3n) is 2.37. The fourth-order valence-corrected chi connectivity index (χ4v) is 1.69. The highest BCUT2D eigenvalue weighted by Gasteiger charge is 2.15. The molecule has 0 aromatic carbocycles. The number of hydrogen-bond donors (Lipinski definition) is 2. The first kappa shape index (κ1) is 13.9. The van der Waals surface area contributed by atoms with Gasteiger partial charge in [-0.2, -0.15) is 0 Å². The van der Waals surface area contributed by atoms with E-state index in [0.29, 0.717) is 28.9 Å². The predicted octanol–water partition coefficient (Wildman–Crippen LogP) is 2.36. The van der Waals surface area contributed by atoms with Crippen molar-refractivity contribution in [2.75, 3.05) is 5.32 Å². The zero-order chi connectivity index (χ0) is 13.0. The Balaban J connectivity index is 2.67. The number of halogens is 1. The molecule has 0 spiro atoms. The van der Waals surface area contributed by atoms with Crippen LogP contribution in [0.25, 0.3) is 0 Å². The van der Waals surface area contributed by atoms with Gasteiger partial charge in [0.05, 0.1) is 17.4 Å². The summed E-state index contributed by atoms with van der Waals surface area (Å²) in [5.74, 6) is 0.200. The molecule has 0 aliphatic heterocycles. The Kier molecular flexibility index (Phi) is 4.90. The van der Waals surface area contributed by atoms with Gasteiger partial charge in [0.15, 0.2) is 0 Å². The predicted molar refractivity (Wildman–Crippen MR) is 70.0 cm³/mol. The van der Waals surface area contributed by atoms with E-state index in [-0.39, 0.29) is 5.91 Å². The second kappa shape index (κ2) is 5.98. The van der Waals surface area contributed by atoms with E-state index in [1.165, 1.54) is 0 Å². The summed E-state index contributed by atoms with van der Waals surface area (Å²) in [6.07, 6.45) is 0.659. The van der Waals surface area contributed by atoms with Crippen LogP contribution in [0, 0.1) is 12.8 Å². The Hall–Kier alpha value is -1.13. The lowest BCUT2D eigenvalue weighted by Crippen LogP contribution is -2.36. The smallest absolute Gasteiger partial charge is 0.241 e. The van der Waals surface area contributed by atoms with Gasteiger partial charge in [-0.05, 0) is 31.4 Å². The van der Waals surface area contributed by atoms with E-state index in [1.807, 2.05) is 13.8 Å². The second-order valence-corrected chi connectivity index (χ2v) is 4.88. The van der Waals surface area contributed by atoms with E-state index in [0.717, 1.165) is 0 Å². The lowest BCUT2D eigenvalue weighted by Gasteiger charge is -2.15. The lowest BCUT2D eigenvalue weighted by molar-refractivity contribution is -0.117. The molecule has 1 rings (SSSR count). The first-order chi connectivity index (χ1) is 7.90. The van der Waals surface area contributed by atoms with E-state index in [4.69, 9.17) is 17.3 Å². The zero-order valence-electron chi connectivity index (χ0n) is 10.3. The number of amides is 1. The van der Waals surface area contributed by atoms with Crippen LogP contribution in [0.2, 0.25) is 5.15 Å². The average Bonchev–Trinajstić information content (AvgIpc) is 2.21. The third kappa shape index (κ3) is 4.32. The molecule has 17 heavy (non-hydrogen) atoms. The van der Waals surface area contributed by atoms with Crippen molar-refractivity contribution in [1.82, 2.24) is 4.98 Å². The monoisotopic (exact) mass is 255 g/mol. The largest absolute Gasteiger partial charge is 0.323 e. The first-order valence-electron chi connectivity index (χ1n) is 5.59. The zero-order valence-corrected chi connectivity index (χ0v) is 11.1. The standard InChI is InChI=1S/C12H18ClN3O/c1-7(2)6-9(14)12(17)16-10-4-5-11(13)15-8(10)3/h4-5,7,9H,6,14H2,1-3H3,(H,16,17)/t9-/m1/s1. The number of rotatable bonds is 4. The number of carbonyl (C=O) groups excluding carboxylic acids is 1. The van der Waals surface area contributed by atoms with E-state index in [2.05, 4.69) is 10.3 Å². The summed E-state index contributed by atoms with van der Waals surface area (Å²) in [5.41, 5.74) is 7.12. The maximum Gasteiger partial charge on any atom is 0.241 e. The van der Waals surface area contributed by atoms with Crippen LogP contribution in [0.3, 0.4) is 0 Å². The van der Waals surface area contributed by atoms with Crippen molar-refractivity contribution in [1.29, 1.82) is 0 Å². The van der Waals surface area contributed by atoms with Crippen LogP contribution in [0.15, 0.2) is 12.1 Å². The molecular weight excluding hydrogens is 238 g/mol. The summed E-state index contributed by atoms with van der Waals surface area (Å²) < 4.78 is 0. The van der Waals surface area contributed by atoms with E-state index >= 15 is 0 Å². The molecular formula is C12H18ClN3O. The molecule has 1 heterocycles. The van der Waals surface area contributed by atoms with E-state index < -0.39 is 6.04 Å². The second-order valence-electron chi connectivity index (χ2n) is 4.49. The van der Waals surface area contributed by atoms with Gasteiger partial charge in [-0.1, -0.05) is 25.4 Å². The minimum Gasteiger partial charge on any atom is -0.323 e. The topological polar surface area (TPSA) is 68.0 Å². The number of hydrogen-bond acceptors (Lipinski definition) is 3. The minimum atomic E-state index is -0.495. The summed E-state index contributed by atoms with van der Waals surface area (Å²) >= 11 is 5.74. The van der Waals surface area contributed by atoms with E-state index in [9.17, 15) is 4.79 Å². The van der Waals surface area contributed by atoms with Gasteiger partial charge in [0.2, 0.25) is 5.91 Å². The minimum absolute atomic E-state index is 0.189. The van der Waals surface area contributed by atoms with Gasteiger partial charge < -0.3 is 11.1 Å². The lowest BCUT2D eigenvalue weighted by atomic mass is 10.0. The number of carbonyl (C=O) groups is 1. The Labute approximate surface area is 107 Å². The Morgan fingerprint density at radius 1 is 1.53 bits per heavy atom. The fourth-order valence-electron chi connectivity index (χ4n) is 1.50. The van der Waals surface area contributed by atoms with Crippen molar-refractivity contribution in [2.45, 2.75) is 33.2 Å². The molecule has 1 aromatic heterocycles. The van der Waals surface area contributed by atoms with Crippen molar-refractivity contribution in [3.63, 3.8) is 0 Å². The maximum atomic E-state index is 11.8. The van der Waals surface area contributed by atoms with Crippen LogP contribution in [-0.4, -0.2) is 16.9 Å². The number of nitrogens with one attached hydrogen (secondary N) is 1. The summed E-state index contributed by atoms with van der Waals surface area (Å²) in [7, 11) is 0. The van der Waals surface area contributed by atoms with Crippen molar-refractivity contribution >= 4 is 23.2 Å².